The van der Waals surface area contributed by atoms with E-state index in [2.05, 4.69) is 30.8 Å². The molecule has 0 saturated carbocycles. The van der Waals surface area contributed by atoms with Gasteiger partial charge in [0.15, 0.2) is 0 Å². The number of halogens is 1. The Morgan fingerprint density at radius 3 is 2.87 bits per heavy atom. The van der Waals surface area contributed by atoms with Gasteiger partial charge in [0.2, 0.25) is 5.95 Å². The van der Waals surface area contributed by atoms with Gasteiger partial charge in [-0.05, 0) is 55.6 Å². The van der Waals surface area contributed by atoms with Gasteiger partial charge in [0.1, 0.15) is 5.75 Å². The number of aromatic amines is 1. The van der Waals surface area contributed by atoms with E-state index in [-0.39, 0.29) is 5.56 Å². The summed E-state index contributed by atoms with van der Waals surface area (Å²) in [5.74, 6) is 1.14. The van der Waals surface area contributed by atoms with Crippen LogP contribution >= 0.6 is 11.6 Å². The van der Waals surface area contributed by atoms with Crippen molar-refractivity contribution >= 4 is 28.5 Å². The second-order valence-electron chi connectivity index (χ2n) is 7.94. The summed E-state index contributed by atoms with van der Waals surface area (Å²) in [6, 6.07) is 5.45. The number of rotatable bonds is 4. The van der Waals surface area contributed by atoms with E-state index in [1.807, 2.05) is 6.20 Å². The highest BCUT2D eigenvalue weighted by atomic mass is 35.5. The molecule has 1 aromatic carbocycles. The average molecular weight is 426 g/mol. The molecular formula is C22H24ClN5O2. The van der Waals surface area contributed by atoms with Crippen molar-refractivity contribution in [2.75, 3.05) is 31.6 Å². The average Bonchev–Trinajstić information content (AvgIpc) is 3.26. The van der Waals surface area contributed by atoms with Crippen molar-refractivity contribution in [2.45, 2.75) is 32.4 Å². The van der Waals surface area contributed by atoms with Gasteiger partial charge in [0.25, 0.3) is 5.56 Å². The van der Waals surface area contributed by atoms with Crippen LogP contribution in [0, 0.1) is 0 Å². The number of benzene rings is 1. The molecule has 5 rings (SSSR count). The van der Waals surface area contributed by atoms with Gasteiger partial charge in [0.05, 0.1) is 28.7 Å². The monoisotopic (exact) mass is 425 g/mol. The molecular weight excluding hydrogens is 402 g/mol. The zero-order chi connectivity index (χ0) is 20.7. The maximum atomic E-state index is 12.7. The molecule has 0 aliphatic carbocycles. The lowest BCUT2D eigenvalue weighted by atomic mass is 9.98. The number of pyridine rings is 1. The van der Waals surface area contributed by atoms with Crippen LogP contribution < -0.4 is 15.2 Å². The normalized spacial score (nSPS) is 16.8. The number of anilines is 1. The first kappa shape index (κ1) is 19.3. The van der Waals surface area contributed by atoms with E-state index in [9.17, 15) is 4.79 Å². The van der Waals surface area contributed by atoms with Gasteiger partial charge < -0.3 is 9.64 Å². The van der Waals surface area contributed by atoms with Gasteiger partial charge in [-0.3, -0.25) is 19.7 Å². The number of hydrogen-bond donors (Lipinski definition) is 1. The molecule has 0 spiro atoms. The predicted octanol–water partition coefficient (Wildman–Crippen LogP) is 3.14. The Balaban J connectivity index is 1.46. The molecule has 1 saturated heterocycles. The molecule has 30 heavy (non-hydrogen) atoms. The Morgan fingerprint density at radius 2 is 2.07 bits per heavy atom. The zero-order valence-corrected chi connectivity index (χ0v) is 17.7. The molecule has 1 fully saturated rings. The van der Waals surface area contributed by atoms with Crippen molar-refractivity contribution in [1.82, 2.24) is 19.9 Å². The Hall–Kier alpha value is -2.64. The summed E-state index contributed by atoms with van der Waals surface area (Å²) in [5.41, 5.74) is 4.07. The second kappa shape index (κ2) is 7.89. The number of nitrogens with one attached hydrogen (secondary N) is 1. The number of methoxy groups -OCH3 is 1. The molecule has 3 aromatic rings. The fourth-order valence-electron chi connectivity index (χ4n) is 4.49. The number of H-pyrrole nitrogens is 1. The van der Waals surface area contributed by atoms with Crippen LogP contribution in [-0.4, -0.2) is 46.6 Å². The topological polar surface area (TPSA) is 74.4 Å². The Morgan fingerprint density at radius 1 is 1.23 bits per heavy atom. The fourth-order valence-corrected chi connectivity index (χ4v) is 4.78. The number of likely N-dealkylation sites (tertiary alicyclic amines) is 1. The predicted molar refractivity (Wildman–Crippen MR) is 117 cm³/mol. The van der Waals surface area contributed by atoms with Crippen LogP contribution in [0.1, 0.15) is 29.7 Å². The first-order chi connectivity index (χ1) is 14.6. The molecule has 4 heterocycles. The van der Waals surface area contributed by atoms with Crippen LogP contribution in [0.4, 0.5) is 5.95 Å². The number of aromatic nitrogens is 3. The minimum Gasteiger partial charge on any atom is -0.497 e. The van der Waals surface area contributed by atoms with Gasteiger partial charge in [0, 0.05) is 31.9 Å². The van der Waals surface area contributed by atoms with E-state index in [1.54, 1.807) is 19.2 Å². The summed E-state index contributed by atoms with van der Waals surface area (Å²) in [5, 5.41) is 0.724. The summed E-state index contributed by atoms with van der Waals surface area (Å²) < 4.78 is 5.28. The van der Waals surface area contributed by atoms with Crippen LogP contribution in [0.3, 0.4) is 0 Å². The molecule has 0 bridgehead atoms. The smallest absolute Gasteiger partial charge is 0.261 e. The van der Waals surface area contributed by atoms with Gasteiger partial charge in [-0.25, -0.2) is 4.98 Å². The van der Waals surface area contributed by atoms with Crippen molar-refractivity contribution < 1.29 is 4.74 Å². The Bertz CT molecular complexity index is 1160. The summed E-state index contributed by atoms with van der Waals surface area (Å²) in [6.45, 7) is 4.71. The fraction of sp³-hybridized carbons (Fsp3) is 0.409. The molecule has 7 nitrogen and oxygen atoms in total. The number of fused-ring (bicyclic) bond motifs is 2. The Kier molecular flexibility index (Phi) is 5.08. The third-order valence-corrected chi connectivity index (χ3v) is 6.36. The molecule has 0 amide bonds. The summed E-state index contributed by atoms with van der Waals surface area (Å²) in [7, 11) is 1.57. The summed E-state index contributed by atoms with van der Waals surface area (Å²) in [4.78, 5) is 29.6. The standard InChI is InChI=1S/C22H24ClN5O2/c1-30-15-10-17(23)20-18(11-15)25-22(26-21(20)29)28-9-5-16-14(12-28)4-6-24-19(16)13-27-7-2-3-8-27/h4,6,10-11H,2-3,5,7-9,12-13H2,1H3,(H,25,26,29). The molecule has 0 radical (unpaired) electrons. The number of hydrogen-bond acceptors (Lipinski definition) is 6. The van der Waals surface area contributed by atoms with E-state index >= 15 is 0 Å². The van der Waals surface area contributed by atoms with Gasteiger partial charge in [-0.1, -0.05) is 11.6 Å². The van der Waals surface area contributed by atoms with Gasteiger partial charge in [-0.15, -0.1) is 0 Å². The number of nitrogens with zero attached hydrogens (tertiary/aromatic N) is 4. The first-order valence-corrected chi connectivity index (χ1v) is 10.7. The van der Waals surface area contributed by atoms with Crippen LogP contribution in [0.5, 0.6) is 5.75 Å². The van der Waals surface area contributed by atoms with Crippen molar-refractivity contribution in [3.05, 3.63) is 56.6 Å². The van der Waals surface area contributed by atoms with Crippen molar-refractivity contribution in [3.8, 4) is 5.75 Å². The lowest BCUT2D eigenvalue weighted by Gasteiger charge is -2.30. The Labute approximate surface area is 179 Å². The zero-order valence-electron chi connectivity index (χ0n) is 16.9. The quantitative estimate of drug-likeness (QED) is 0.692. The van der Waals surface area contributed by atoms with Crippen LogP contribution in [0.2, 0.25) is 5.02 Å². The minimum atomic E-state index is -0.238. The second-order valence-corrected chi connectivity index (χ2v) is 8.35. The van der Waals surface area contributed by atoms with E-state index in [4.69, 9.17) is 16.3 Å². The molecule has 2 aromatic heterocycles. The highest BCUT2D eigenvalue weighted by Crippen LogP contribution is 2.29. The number of ether oxygens (including phenoxy) is 1. The van der Waals surface area contributed by atoms with Crippen molar-refractivity contribution in [2.24, 2.45) is 0 Å². The largest absolute Gasteiger partial charge is 0.497 e. The highest BCUT2D eigenvalue weighted by Gasteiger charge is 2.23. The lowest BCUT2D eigenvalue weighted by Crippen LogP contribution is -2.34. The lowest BCUT2D eigenvalue weighted by molar-refractivity contribution is 0.325. The van der Waals surface area contributed by atoms with E-state index < -0.39 is 0 Å². The summed E-state index contributed by atoms with van der Waals surface area (Å²) in [6.07, 6.45) is 5.33. The SMILES string of the molecule is COc1cc(Cl)c2c(=O)[nH]c(N3CCc4c(ccnc4CN4CCCC4)C3)nc2c1. The molecule has 0 unspecified atom stereocenters. The van der Waals surface area contributed by atoms with Crippen LogP contribution in [0.15, 0.2) is 29.2 Å². The van der Waals surface area contributed by atoms with Crippen LogP contribution in [-0.2, 0) is 19.5 Å². The molecule has 2 aliphatic heterocycles. The van der Waals surface area contributed by atoms with E-state index in [0.717, 1.165) is 32.6 Å². The van der Waals surface area contributed by atoms with Gasteiger partial charge >= 0.3 is 0 Å². The molecule has 2 aliphatic rings. The van der Waals surface area contributed by atoms with Gasteiger partial charge in [-0.2, -0.15) is 0 Å². The molecule has 8 heteroatoms. The van der Waals surface area contributed by atoms with E-state index in [0.29, 0.717) is 34.2 Å². The van der Waals surface area contributed by atoms with Crippen molar-refractivity contribution in [3.63, 3.8) is 0 Å². The van der Waals surface area contributed by atoms with Crippen LogP contribution in [0.25, 0.3) is 10.9 Å². The highest BCUT2D eigenvalue weighted by molar-refractivity contribution is 6.35. The van der Waals surface area contributed by atoms with E-state index in [1.165, 1.54) is 29.7 Å². The van der Waals surface area contributed by atoms with Crippen molar-refractivity contribution in [1.29, 1.82) is 0 Å². The summed E-state index contributed by atoms with van der Waals surface area (Å²) >= 11 is 6.27. The first-order valence-electron chi connectivity index (χ1n) is 10.3. The molecule has 156 valence electrons. The third-order valence-electron chi connectivity index (χ3n) is 6.06. The third kappa shape index (κ3) is 3.52. The minimum absolute atomic E-state index is 0.238. The maximum absolute atomic E-state index is 12.7. The maximum Gasteiger partial charge on any atom is 0.261 e. The molecule has 0 atom stereocenters. The molecule has 1 N–H and O–H groups in total.